The summed E-state index contributed by atoms with van der Waals surface area (Å²) in [5, 5.41) is 0. The summed E-state index contributed by atoms with van der Waals surface area (Å²) >= 11 is 0. The highest BCUT2D eigenvalue weighted by molar-refractivity contribution is 5.95. The van der Waals surface area contributed by atoms with E-state index in [0.29, 0.717) is 17.9 Å². The Hall–Kier alpha value is -1.00. The van der Waals surface area contributed by atoms with Crippen LogP contribution in [0.2, 0.25) is 0 Å². The van der Waals surface area contributed by atoms with Gasteiger partial charge in [0.15, 0.2) is 0 Å². The highest BCUT2D eigenvalue weighted by Crippen LogP contribution is 2.37. The van der Waals surface area contributed by atoms with Gasteiger partial charge in [0, 0.05) is 31.0 Å². The van der Waals surface area contributed by atoms with Crippen LogP contribution in [0.5, 0.6) is 0 Å². The Morgan fingerprint density at radius 1 is 1.44 bits per heavy atom. The first-order chi connectivity index (χ1) is 8.16. The van der Waals surface area contributed by atoms with Crippen LogP contribution in [0.3, 0.4) is 0 Å². The van der Waals surface area contributed by atoms with Crippen molar-refractivity contribution in [1.82, 2.24) is 9.88 Å². The molecule has 5 heteroatoms. The zero-order valence-electron chi connectivity index (χ0n) is 10.6. The lowest BCUT2D eigenvalue weighted by molar-refractivity contribution is 0.0779. The van der Waals surface area contributed by atoms with Crippen molar-refractivity contribution in [2.24, 2.45) is 17.6 Å². The topological polar surface area (TPSA) is 62.1 Å². The number of aromatic nitrogens is 1. The molecule has 18 heavy (non-hydrogen) atoms. The maximum Gasteiger partial charge on any atom is 0.255 e. The van der Waals surface area contributed by atoms with Crippen molar-refractivity contribution < 1.29 is 4.79 Å². The molecular formula is C13H20ClN3O. The predicted octanol–water partition coefficient (Wildman–Crippen LogP) is 1.55. The molecule has 2 aliphatic rings. The molecule has 0 radical (unpaired) electrons. The molecule has 3 unspecified atom stereocenters. The Kier molecular flexibility index (Phi) is 3.69. The molecule has 1 aromatic rings. The molecule has 3 atom stereocenters. The lowest BCUT2D eigenvalue weighted by Gasteiger charge is -2.18. The molecule has 1 saturated heterocycles. The first-order valence-corrected chi connectivity index (χ1v) is 6.35. The summed E-state index contributed by atoms with van der Waals surface area (Å²) in [7, 11) is 0. The number of carbonyl (C=O) groups is 1. The van der Waals surface area contributed by atoms with Gasteiger partial charge in [0.1, 0.15) is 0 Å². The van der Waals surface area contributed by atoms with E-state index < -0.39 is 0 Å². The summed E-state index contributed by atoms with van der Waals surface area (Å²) in [6, 6.07) is 2.16. The Morgan fingerprint density at radius 3 is 2.83 bits per heavy atom. The van der Waals surface area contributed by atoms with E-state index >= 15 is 0 Å². The van der Waals surface area contributed by atoms with Gasteiger partial charge in [-0.15, -0.1) is 12.4 Å². The normalized spacial score (nSPS) is 30.1. The fourth-order valence-corrected chi connectivity index (χ4v) is 3.33. The molecule has 0 spiro atoms. The predicted molar refractivity (Wildman–Crippen MR) is 72.9 cm³/mol. The van der Waals surface area contributed by atoms with Gasteiger partial charge >= 0.3 is 0 Å². The van der Waals surface area contributed by atoms with Crippen LogP contribution in [0.4, 0.5) is 0 Å². The molecule has 0 aromatic carbocycles. The summed E-state index contributed by atoms with van der Waals surface area (Å²) in [4.78, 5) is 17.4. The second-order valence-corrected chi connectivity index (χ2v) is 5.39. The zero-order valence-corrected chi connectivity index (χ0v) is 11.4. The lowest BCUT2D eigenvalue weighted by atomic mass is 9.98. The molecule has 1 aliphatic heterocycles. The molecule has 1 amide bonds. The number of amides is 1. The minimum atomic E-state index is 0. The quantitative estimate of drug-likeness (QED) is 0.813. The van der Waals surface area contributed by atoms with Crippen LogP contribution in [0.1, 0.15) is 28.9 Å². The SMILES string of the molecule is Cc1[nH]ccc1C(=O)N1CC2CCC(N)C2C1.Cl. The summed E-state index contributed by atoms with van der Waals surface area (Å²) < 4.78 is 0. The van der Waals surface area contributed by atoms with E-state index in [1.54, 1.807) is 0 Å². The number of aromatic amines is 1. The number of aryl methyl sites for hydroxylation is 1. The summed E-state index contributed by atoms with van der Waals surface area (Å²) in [6.07, 6.45) is 4.13. The number of nitrogens with one attached hydrogen (secondary N) is 1. The van der Waals surface area contributed by atoms with Gasteiger partial charge < -0.3 is 15.6 Å². The number of rotatable bonds is 1. The van der Waals surface area contributed by atoms with Crippen LogP contribution in [0, 0.1) is 18.8 Å². The number of halogens is 1. The minimum absolute atomic E-state index is 0. The van der Waals surface area contributed by atoms with Crippen molar-refractivity contribution in [3.05, 3.63) is 23.5 Å². The Labute approximate surface area is 113 Å². The van der Waals surface area contributed by atoms with Crippen LogP contribution in [-0.4, -0.2) is 34.9 Å². The maximum absolute atomic E-state index is 12.3. The summed E-state index contributed by atoms with van der Waals surface area (Å²) in [5.41, 5.74) is 7.85. The number of nitrogens with two attached hydrogens (primary N) is 1. The number of hydrogen-bond acceptors (Lipinski definition) is 2. The van der Waals surface area contributed by atoms with Gasteiger partial charge in [-0.05, 0) is 37.7 Å². The molecule has 1 saturated carbocycles. The van der Waals surface area contributed by atoms with Gasteiger partial charge in [0.2, 0.25) is 0 Å². The van der Waals surface area contributed by atoms with Crippen LogP contribution in [0.25, 0.3) is 0 Å². The molecular weight excluding hydrogens is 250 g/mol. The van der Waals surface area contributed by atoms with Gasteiger partial charge in [0.05, 0.1) is 5.56 Å². The highest BCUT2D eigenvalue weighted by Gasteiger charge is 2.42. The Balaban J connectivity index is 0.00000120. The van der Waals surface area contributed by atoms with E-state index in [4.69, 9.17) is 5.73 Å². The summed E-state index contributed by atoms with van der Waals surface area (Å²) in [6.45, 7) is 3.67. The monoisotopic (exact) mass is 269 g/mol. The van der Waals surface area contributed by atoms with Crippen molar-refractivity contribution in [2.45, 2.75) is 25.8 Å². The average molecular weight is 270 g/mol. The third-order valence-electron chi connectivity index (χ3n) is 4.38. The van der Waals surface area contributed by atoms with Gasteiger partial charge in [-0.1, -0.05) is 0 Å². The van der Waals surface area contributed by atoms with Crippen molar-refractivity contribution in [3.8, 4) is 0 Å². The molecule has 2 heterocycles. The third-order valence-corrected chi connectivity index (χ3v) is 4.38. The number of H-pyrrole nitrogens is 1. The van der Waals surface area contributed by atoms with Crippen LogP contribution >= 0.6 is 12.4 Å². The van der Waals surface area contributed by atoms with Gasteiger partial charge in [0.25, 0.3) is 5.91 Å². The first-order valence-electron chi connectivity index (χ1n) is 6.35. The van der Waals surface area contributed by atoms with E-state index in [9.17, 15) is 4.79 Å². The van der Waals surface area contributed by atoms with Gasteiger partial charge in [-0.3, -0.25) is 4.79 Å². The molecule has 100 valence electrons. The number of carbonyl (C=O) groups excluding carboxylic acids is 1. The van der Waals surface area contributed by atoms with Gasteiger partial charge in [-0.2, -0.15) is 0 Å². The van der Waals surface area contributed by atoms with Crippen LogP contribution < -0.4 is 5.73 Å². The standard InChI is InChI=1S/C13H19N3O.ClH/c1-8-10(4-5-15-8)13(17)16-6-9-2-3-12(14)11(9)7-16;/h4-5,9,11-12,15H,2-3,6-7,14H2,1H3;1H. The molecule has 3 N–H and O–H groups in total. The Bertz CT molecular complexity index is 445. The smallest absolute Gasteiger partial charge is 0.255 e. The number of hydrogen-bond donors (Lipinski definition) is 2. The number of likely N-dealkylation sites (tertiary alicyclic amines) is 1. The fraction of sp³-hybridized carbons (Fsp3) is 0.615. The second kappa shape index (κ2) is 4.94. The third kappa shape index (κ3) is 2.04. The highest BCUT2D eigenvalue weighted by atomic mass is 35.5. The number of nitrogens with zero attached hydrogens (tertiary/aromatic N) is 1. The van der Waals surface area contributed by atoms with E-state index in [1.807, 2.05) is 24.1 Å². The van der Waals surface area contributed by atoms with Crippen molar-refractivity contribution in [3.63, 3.8) is 0 Å². The first kappa shape index (κ1) is 13.4. The molecule has 0 bridgehead atoms. The van der Waals surface area contributed by atoms with Crippen molar-refractivity contribution in [2.75, 3.05) is 13.1 Å². The van der Waals surface area contributed by atoms with Crippen molar-refractivity contribution in [1.29, 1.82) is 0 Å². The maximum atomic E-state index is 12.3. The van der Waals surface area contributed by atoms with E-state index in [0.717, 1.165) is 30.8 Å². The van der Waals surface area contributed by atoms with E-state index in [1.165, 1.54) is 6.42 Å². The molecule has 1 aromatic heterocycles. The van der Waals surface area contributed by atoms with Gasteiger partial charge in [-0.25, -0.2) is 0 Å². The van der Waals surface area contributed by atoms with Crippen molar-refractivity contribution >= 4 is 18.3 Å². The fourth-order valence-electron chi connectivity index (χ4n) is 3.33. The van der Waals surface area contributed by atoms with E-state index in [2.05, 4.69) is 4.98 Å². The molecule has 3 rings (SSSR count). The molecule has 1 aliphatic carbocycles. The van der Waals surface area contributed by atoms with Crippen LogP contribution in [0.15, 0.2) is 12.3 Å². The van der Waals surface area contributed by atoms with Crippen LogP contribution in [-0.2, 0) is 0 Å². The zero-order chi connectivity index (χ0) is 12.0. The lowest BCUT2D eigenvalue weighted by Crippen LogP contribution is -2.33. The van der Waals surface area contributed by atoms with E-state index in [-0.39, 0.29) is 18.3 Å². The Morgan fingerprint density at radius 2 is 2.22 bits per heavy atom. The molecule has 4 nitrogen and oxygen atoms in total. The second-order valence-electron chi connectivity index (χ2n) is 5.39. The summed E-state index contributed by atoms with van der Waals surface area (Å²) in [5.74, 6) is 1.32. The molecule has 2 fully saturated rings. The minimum Gasteiger partial charge on any atom is -0.365 e. The number of fused-ring (bicyclic) bond motifs is 1. The largest absolute Gasteiger partial charge is 0.365 e. The average Bonchev–Trinajstić information content (AvgIpc) is 2.96.